The summed E-state index contributed by atoms with van der Waals surface area (Å²) in [5, 5.41) is 16.9. The number of rotatable bonds is 10. The second-order valence-corrected chi connectivity index (χ2v) is 13.8. The van der Waals surface area contributed by atoms with Crippen molar-refractivity contribution in [3.63, 3.8) is 0 Å². The lowest BCUT2D eigenvalue weighted by Crippen LogP contribution is -2.40. The van der Waals surface area contributed by atoms with Crippen molar-refractivity contribution in [2.45, 2.75) is 74.7 Å². The number of amides is 2. The molecule has 0 unspecified atom stereocenters. The van der Waals surface area contributed by atoms with Gasteiger partial charge >= 0.3 is 0 Å². The van der Waals surface area contributed by atoms with E-state index in [1.165, 1.54) is 29.9 Å². The Kier molecular flexibility index (Phi) is 8.17. The molecule has 0 aromatic carbocycles. The van der Waals surface area contributed by atoms with Crippen LogP contribution in [0.15, 0.2) is 34.9 Å². The first-order valence-electron chi connectivity index (χ1n) is 14.2. The predicted octanol–water partition coefficient (Wildman–Crippen LogP) is 3.51. The van der Waals surface area contributed by atoms with Crippen LogP contribution < -0.4 is 26.0 Å². The van der Waals surface area contributed by atoms with Crippen molar-refractivity contribution in [1.82, 2.24) is 29.3 Å². The summed E-state index contributed by atoms with van der Waals surface area (Å²) in [5.41, 5.74) is 1.66. The summed E-state index contributed by atoms with van der Waals surface area (Å²) in [5.74, 6) is -1.02. The van der Waals surface area contributed by atoms with E-state index in [2.05, 4.69) is 46.0 Å². The van der Waals surface area contributed by atoms with Crippen LogP contribution in [0.3, 0.4) is 0 Å². The highest BCUT2D eigenvalue weighted by Crippen LogP contribution is 2.31. The fourth-order valence-corrected chi connectivity index (χ4v) is 7.87. The van der Waals surface area contributed by atoms with Crippen molar-refractivity contribution in [3.8, 4) is 0 Å². The van der Waals surface area contributed by atoms with E-state index in [0.717, 1.165) is 36.1 Å². The summed E-state index contributed by atoms with van der Waals surface area (Å²) in [6.45, 7) is 2.94. The largest absolute Gasteiger partial charge is 0.379 e. The Labute approximate surface area is 256 Å². The molecule has 2 saturated carbocycles. The van der Waals surface area contributed by atoms with E-state index in [1.807, 2.05) is 6.07 Å². The quantitative estimate of drug-likeness (QED) is 0.172. The van der Waals surface area contributed by atoms with Gasteiger partial charge in [-0.15, -0.1) is 5.10 Å². The van der Waals surface area contributed by atoms with Crippen LogP contribution >= 0.6 is 11.3 Å². The Bertz CT molecular complexity index is 1830. The van der Waals surface area contributed by atoms with Crippen molar-refractivity contribution in [3.05, 3.63) is 47.9 Å². The Hall–Kier alpha value is -4.22. The van der Waals surface area contributed by atoms with Crippen LogP contribution in [0, 0.1) is 12.7 Å². The van der Waals surface area contributed by atoms with Crippen LogP contribution in [0.25, 0.3) is 5.65 Å². The minimum atomic E-state index is -3.81. The zero-order chi connectivity index (χ0) is 31.0. The molecular formula is C27H31FN10O4S2. The number of fused-ring (bicyclic) bond motifs is 1. The van der Waals surface area contributed by atoms with Gasteiger partial charge in [0.15, 0.2) is 26.5 Å². The number of aromatic nitrogens is 5. The molecule has 2 aliphatic carbocycles. The predicted molar refractivity (Wildman–Crippen MR) is 163 cm³/mol. The maximum Gasteiger partial charge on any atom is 0.276 e. The highest BCUT2D eigenvalue weighted by atomic mass is 32.2. The second kappa shape index (κ2) is 12.0. The molecule has 0 bridgehead atoms. The Morgan fingerprint density at radius 1 is 1.00 bits per heavy atom. The molecule has 6 rings (SSSR count). The summed E-state index contributed by atoms with van der Waals surface area (Å²) >= 11 is 0.924. The molecule has 44 heavy (non-hydrogen) atoms. The van der Waals surface area contributed by atoms with Gasteiger partial charge in [-0.05, 0) is 51.5 Å². The fraction of sp³-hybridized carbons (Fsp3) is 0.407. The van der Waals surface area contributed by atoms with Crippen LogP contribution in [-0.2, 0) is 14.8 Å². The number of thiazole rings is 1. The lowest BCUT2D eigenvalue weighted by molar-refractivity contribution is -0.114. The molecule has 17 heteroatoms. The molecule has 2 amide bonds. The standard InChI is InChI=1S/C27H31FN10O4S2/c1-14-26(43-27(31-14)32-15(2)39)44(41,42)37-18-7-5-17(6-8-18)34-23-11-21(33-16-3-4-16)24-30-13-22(38(24)36-23)25(40)35-20-9-10-29-12-19(20)28/h9-13,16-18,33,37H,3-8H2,1-2H3,(H,34,36)(H,29,35,40)(H,31,32,39). The third-order valence-corrected chi connectivity index (χ3v) is 10.5. The Balaban J connectivity index is 1.14. The van der Waals surface area contributed by atoms with Crippen LogP contribution in [0.5, 0.6) is 0 Å². The average Bonchev–Trinajstić information content (AvgIpc) is 3.54. The number of pyridine rings is 1. The minimum Gasteiger partial charge on any atom is -0.379 e. The normalized spacial score (nSPS) is 18.6. The van der Waals surface area contributed by atoms with E-state index >= 15 is 0 Å². The van der Waals surface area contributed by atoms with Crippen LogP contribution in [0.1, 0.15) is 61.6 Å². The summed E-state index contributed by atoms with van der Waals surface area (Å²) in [7, 11) is -3.81. The first-order chi connectivity index (χ1) is 21.1. The van der Waals surface area contributed by atoms with E-state index in [0.29, 0.717) is 48.9 Å². The molecule has 232 valence electrons. The molecule has 2 fully saturated rings. The summed E-state index contributed by atoms with van der Waals surface area (Å²) in [4.78, 5) is 36.7. The molecule has 4 aromatic heterocycles. The molecule has 0 saturated heterocycles. The van der Waals surface area contributed by atoms with Gasteiger partial charge < -0.3 is 21.3 Å². The maximum atomic E-state index is 14.1. The maximum absolute atomic E-state index is 14.1. The smallest absolute Gasteiger partial charge is 0.276 e. The third kappa shape index (κ3) is 6.63. The number of nitrogens with one attached hydrogen (secondary N) is 5. The molecule has 0 aliphatic heterocycles. The molecule has 0 atom stereocenters. The number of nitrogens with zero attached hydrogens (tertiary/aromatic N) is 5. The van der Waals surface area contributed by atoms with Gasteiger partial charge in [0.25, 0.3) is 15.9 Å². The van der Waals surface area contributed by atoms with Crippen LogP contribution in [0.4, 0.5) is 26.7 Å². The molecule has 5 N–H and O–H groups in total. The van der Waals surface area contributed by atoms with E-state index in [4.69, 9.17) is 0 Å². The first kappa shape index (κ1) is 29.8. The van der Waals surface area contributed by atoms with Gasteiger partial charge in [0.1, 0.15) is 5.82 Å². The summed E-state index contributed by atoms with van der Waals surface area (Å²) in [6, 6.07) is 3.30. The molecular weight excluding hydrogens is 611 g/mol. The number of carbonyl (C=O) groups is 2. The monoisotopic (exact) mass is 642 g/mol. The van der Waals surface area contributed by atoms with Gasteiger partial charge in [0, 0.05) is 37.3 Å². The highest BCUT2D eigenvalue weighted by Gasteiger charge is 2.30. The number of sulfonamides is 1. The Morgan fingerprint density at radius 2 is 1.70 bits per heavy atom. The fourth-order valence-electron chi connectivity index (χ4n) is 5.08. The van der Waals surface area contributed by atoms with Crippen molar-refractivity contribution >= 4 is 61.1 Å². The number of carbonyl (C=O) groups excluding carboxylic acids is 2. The Morgan fingerprint density at radius 3 is 2.41 bits per heavy atom. The van der Waals surface area contributed by atoms with E-state index in [-0.39, 0.29) is 38.7 Å². The number of hydrogen-bond acceptors (Lipinski definition) is 11. The topological polar surface area (TPSA) is 184 Å². The van der Waals surface area contributed by atoms with Gasteiger partial charge in [-0.3, -0.25) is 14.6 Å². The van der Waals surface area contributed by atoms with Gasteiger partial charge in [-0.25, -0.2) is 32.0 Å². The lowest BCUT2D eigenvalue weighted by atomic mass is 9.92. The molecule has 14 nitrogen and oxygen atoms in total. The number of hydrogen-bond donors (Lipinski definition) is 5. The van der Waals surface area contributed by atoms with Crippen molar-refractivity contribution < 1.29 is 22.4 Å². The van der Waals surface area contributed by atoms with Crippen molar-refractivity contribution in [2.24, 2.45) is 0 Å². The van der Waals surface area contributed by atoms with Crippen molar-refractivity contribution in [2.75, 3.05) is 21.3 Å². The molecule has 4 heterocycles. The number of anilines is 4. The van der Waals surface area contributed by atoms with Gasteiger partial charge in [-0.2, -0.15) is 0 Å². The molecule has 0 spiro atoms. The number of imidazole rings is 1. The van der Waals surface area contributed by atoms with Crippen LogP contribution in [-0.4, -0.2) is 62.9 Å². The van der Waals surface area contributed by atoms with E-state index in [9.17, 15) is 22.4 Å². The second-order valence-electron chi connectivity index (χ2n) is 10.9. The van der Waals surface area contributed by atoms with Gasteiger partial charge in [-0.1, -0.05) is 11.3 Å². The van der Waals surface area contributed by atoms with E-state index < -0.39 is 21.7 Å². The average molecular weight is 643 g/mol. The summed E-state index contributed by atoms with van der Waals surface area (Å²) in [6.07, 6.45) is 8.41. The zero-order valence-corrected chi connectivity index (χ0v) is 25.6. The third-order valence-electron chi connectivity index (χ3n) is 7.34. The van der Waals surface area contributed by atoms with Crippen molar-refractivity contribution in [1.29, 1.82) is 0 Å². The number of aryl methyl sites for hydroxylation is 1. The summed E-state index contributed by atoms with van der Waals surface area (Å²) < 4.78 is 44.6. The van der Waals surface area contributed by atoms with Gasteiger partial charge in [0.05, 0.1) is 29.5 Å². The molecule has 4 aromatic rings. The van der Waals surface area contributed by atoms with E-state index in [1.54, 1.807) is 6.92 Å². The van der Waals surface area contributed by atoms with Gasteiger partial charge in [0.2, 0.25) is 5.91 Å². The minimum absolute atomic E-state index is 0.00314. The first-order valence-corrected chi connectivity index (χ1v) is 16.5. The lowest BCUT2D eigenvalue weighted by Gasteiger charge is -2.29. The number of halogens is 1. The highest BCUT2D eigenvalue weighted by molar-refractivity contribution is 7.91. The molecule has 0 radical (unpaired) electrons. The zero-order valence-electron chi connectivity index (χ0n) is 23.9. The van der Waals surface area contributed by atoms with Crippen LogP contribution in [0.2, 0.25) is 0 Å². The SMILES string of the molecule is CC(=O)Nc1nc(C)c(S(=O)(=O)NC2CCC(Nc3cc(NC4CC4)c4ncc(C(=O)Nc5ccncc5F)n4n3)CC2)s1. The molecule has 2 aliphatic rings.